The predicted molar refractivity (Wildman–Crippen MR) is 77.4 cm³/mol. The lowest BCUT2D eigenvalue weighted by Gasteiger charge is -2.14. The fourth-order valence-corrected chi connectivity index (χ4v) is 3.03. The fraction of sp³-hybridized carbons (Fsp3) is 0.286. The maximum absolute atomic E-state index is 4.37. The molecule has 0 radical (unpaired) electrons. The van der Waals surface area contributed by atoms with E-state index in [1.54, 1.807) is 17.5 Å². The Hall–Kier alpha value is -1.72. The minimum Gasteiger partial charge on any atom is -0.313 e. The highest BCUT2D eigenvalue weighted by molar-refractivity contribution is 7.07. The summed E-state index contributed by atoms with van der Waals surface area (Å²) in [5.74, 6) is 0. The smallest absolute Gasteiger partial charge is 0.0892 e. The van der Waals surface area contributed by atoms with Gasteiger partial charge < -0.3 is 5.32 Å². The first-order valence-electron chi connectivity index (χ1n) is 6.34. The Morgan fingerprint density at radius 2 is 2.37 bits per heavy atom. The van der Waals surface area contributed by atoms with Crippen LogP contribution in [0.5, 0.6) is 0 Å². The Balaban J connectivity index is 1.81. The summed E-state index contributed by atoms with van der Waals surface area (Å²) in [4.78, 5) is 4.19. The average molecular weight is 272 g/mol. The molecule has 0 fully saturated rings. The minimum absolute atomic E-state index is 0.307. The van der Waals surface area contributed by atoms with E-state index in [0.29, 0.717) is 6.04 Å². The fourth-order valence-electron chi connectivity index (χ4n) is 2.32. The van der Waals surface area contributed by atoms with Crippen molar-refractivity contribution in [2.75, 3.05) is 7.05 Å². The molecule has 19 heavy (non-hydrogen) atoms. The molecule has 0 aliphatic carbocycles. The van der Waals surface area contributed by atoms with E-state index in [4.69, 9.17) is 0 Å². The number of aromatic nitrogens is 3. The number of hydrogen-bond donors (Lipinski definition) is 1. The number of hydrogen-bond acceptors (Lipinski definition) is 4. The van der Waals surface area contributed by atoms with Crippen LogP contribution in [0.2, 0.25) is 0 Å². The van der Waals surface area contributed by atoms with Crippen molar-refractivity contribution in [3.8, 4) is 0 Å². The van der Waals surface area contributed by atoms with Crippen LogP contribution in [0.15, 0.2) is 41.6 Å². The SMILES string of the molecule is CNC(CCc1ccsc1)c1cnn2ccncc12. The second-order valence-electron chi connectivity index (χ2n) is 4.52. The quantitative estimate of drug-likeness (QED) is 0.776. The molecular formula is C14H16N4S. The van der Waals surface area contributed by atoms with E-state index in [9.17, 15) is 0 Å². The van der Waals surface area contributed by atoms with Gasteiger partial charge in [-0.25, -0.2) is 4.52 Å². The number of thiophene rings is 1. The molecule has 5 heteroatoms. The van der Waals surface area contributed by atoms with Crippen molar-refractivity contribution in [1.82, 2.24) is 19.9 Å². The Morgan fingerprint density at radius 1 is 1.42 bits per heavy atom. The molecule has 0 aliphatic rings. The Kier molecular flexibility index (Phi) is 3.57. The van der Waals surface area contributed by atoms with E-state index in [-0.39, 0.29) is 0 Å². The molecule has 3 rings (SSSR count). The molecule has 3 heterocycles. The Bertz CT molecular complexity index is 644. The second kappa shape index (κ2) is 5.50. The molecule has 4 nitrogen and oxygen atoms in total. The van der Waals surface area contributed by atoms with Crippen LogP contribution in [-0.2, 0) is 6.42 Å². The van der Waals surface area contributed by atoms with Crippen LogP contribution < -0.4 is 5.32 Å². The number of nitrogens with zero attached hydrogens (tertiary/aromatic N) is 3. The summed E-state index contributed by atoms with van der Waals surface area (Å²) >= 11 is 1.75. The highest BCUT2D eigenvalue weighted by Gasteiger charge is 2.14. The zero-order chi connectivity index (χ0) is 13.1. The maximum Gasteiger partial charge on any atom is 0.0892 e. The predicted octanol–water partition coefficient (Wildman–Crippen LogP) is 2.68. The van der Waals surface area contributed by atoms with Crippen molar-refractivity contribution in [1.29, 1.82) is 0 Å². The first-order chi connectivity index (χ1) is 9.38. The summed E-state index contributed by atoms with van der Waals surface area (Å²) in [5.41, 5.74) is 3.69. The van der Waals surface area contributed by atoms with Gasteiger partial charge in [0.2, 0.25) is 0 Å². The zero-order valence-corrected chi connectivity index (χ0v) is 11.6. The van der Waals surface area contributed by atoms with E-state index >= 15 is 0 Å². The molecule has 0 spiro atoms. The van der Waals surface area contributed by atoms with Gasteiger partial charge in [0.15, 0.2) is 0 Å². The van der Waals surface area contributed by atoms with E-state index in [0.717, 1.165) is 18.4 Å². The normalized spacial score (nSPS) is 12.9. The average Bonchev–Trinajstić information content (AvgIpc) is 3.09. The first-order valence-corrected chi connectivity index (χ1v) is 7.28. The Morgan fingerprint density at radius 3 is 3.16 bits per heavy atom. The second-order valence-corrected chi connectivity index (χ2v) is 5.30. The number of nitrogens with one attached hydrogen (secondary N) is 1. The van der Waals surface area contributed by atoms with Gasteiger partial charge in [-0.05, 0) is 42.3 Å². The molecular weight excluding hydrogens is 256 g/mol. The van der Waals surface area contributed by atoms with Crippen LogP contribution in [0.4, 0.5) is 0 Å². The number of rotatable bonds is 5. The number of aryl methyl sites for hydroxylation is 1. The van der Waals surface area contributed by atoms with E-state index in [1.165, 1.54) is 11.1 Å². The van der Waals surface area contributed by atoms with Crippen molar-refractivity contribution in [2.45, 2.75) is 18.9 Å². The highest BCUT2D eigenvalue weighted by atomic mass is 32.1. The highest BCUT2D eigenvalue weighted by Crippen LogP contribution is 2.23. The zero-order valence-electron chi connectivity index (χ0n) is 10.8. The maximum atomic E-state index is 4.37. The molecule has 1 unspecified atom stereocenters. The van der Waals surface area contributed by atoms with E-state index < -0.39 is 0 Å². The summed E-state index contributed by atoms with van der Waals surface area (Å²) in [6.45, 7) is 0. The van der Waals surface area contributed by atoms with E-state index in [2.05, 4.69) is 32.2 Å². The summed E-state index contributed by atoms with van der Waals surface area (Å²) in [7, 11) is 2.00. The van der Waals surface area contributed by atoms with Gasteiger partial charge in [-0.1, -0.05) is 0 Å². The van der Waals surface area contributed by atoms with Gasteiger partial charge in [-0.15, -0.1) is 0 Å². The molecule has 3 aromatic heterocycles. The van der Waals surface area contributed by atoms with Crippen molar-refractivity contribution >= 4 is 16.9 Å². The Labute approximate surface area is 116 Å². The van der Waals surface area contributed by atoms with Gasteiger partial charge in [0.25, 0.3) is 0 Å². The third-order valence-electron chi connectivity index (χ3n) is 3.38. The summed E-state index contributed by atoms with van der Waals surface area (Å²) in [6.07, 6.45) is 9.58. The molecule has 0 saturated heterocycles. The van der Waals surface area contributed by atoms with E-state index in [1.807, 2.05) is 30.2 Å². The molecule has 0 aliphatic heterocycles. The van der Waals surface area contributed by atoms with Crippen molar-refractivity contribution < 1.29 is 0 Å². The summed E-state index contributed by atoms with van der Waals surface area (Å²) in [5, 5.41) is 12.1. The topological polar surface area (TPSA) is 42.2 Å². The first kappa shape index (κ1) is 12.3. The van der Waals surface area contributed by atoms with Gasteiger partial charge in [0, 0.05) is 24.0 Å². The van der Waals surface area contributed by atoms with Crippen LogP contribution in [-0.4, -0.2) is 21.6 Å². The third kappa shape index (κ3) is 2.52. The van der Waals surface area contributed by atoms with Crippen LogP contribution in [0, 0.1) is 0 Å². The largest absolute Gasteiger partial charge is 0.313 e. The van der Waals surface area contributed by atoms with Gasteiger partial charge in [0.05, 0.1) is 17.9 Å². The lowest BCUT2D eigenvalue weighted by atomic mass is 10.0. The van der Waals surface area contributed by atoms with Crippen LogP contribution in [0.25, 0.3) is 5.52 Å². The summed E-state index contributed by atoms with van der Waals surface area (Å²) in [6, 6.07) is 2.50. The number of fused-ring (bicyclic) bond motifs is 1. The van der Waals surface area contributed by atoms with Crippen LogP contribution in [0.3, 0.4) is 0 Å². The molecule has 0 amide bonds. The molecule has 1 atom stereocenters. The summed E-state index contributed by atoms with van der Waals surface area (Å²) < 4.78 is 1.87. The standard InChI is InChI=1S/C14H16N4S/c1-15-13(3-2-11-4-7-19-10-11)12-8-17-18-6-5-16-9-14(12)18/h4-10,13,15H,2-3H2,1H3. The van der Waals surface area contributed by atoms with Gasteiger partial charge in [-0.3, -0.25) is 4.98 Å². The monoisotopic (exact) mass is 272 g/mol. The van der Waals surface area contributed by atoms with Crippen LogP contribution in [0.1, 0.15) is 23.6 Å². The molecule has 0 aromatic carbocycles. The molecule has 3 aromatic rings. The lowest BCUT2D eigenvalue weighted by Crippen LogP contribution is -2.16. The molecule has 0 bridgehead atoms. The van der Waals surface area contributed by atoms with Gasteiger partial charge in [-0.2, -0.15) is 16.4 Å². The van der Waals surface area contributed by atoms with Gasteiger partial charge in [0.1, 0.15) is 0 Å². The molecule has 98 valence electrons. The van der Waals surface area contributed by atoms with Crippen LogP contribution >= 0.6 is 11.3 Å². The van der Waals surface area contributed by atoms with Crippen molar-refractivity contribution in [3.05, 3.63) is 52.7 Å². The van der Waals surface area contributed by atoms with Crippen molar-refractivity contribution in [3.63, 3.8) is 0 Å². The third-order valence-corrected chi connectivity index (χ3v) is 4.11. The van der Waals surface area contributed by atoms with Crippen molar-refractivity contribution in [2.24, 2.45) is 0 Å². The lowest BCUT2D eigenvalue weighted by molar-refractivity contribution is 0.553. The van der Waals surface area contributed by atoms with Gasteiger partial charge >= 0.3 is 0 Å². The molecule has 1 N–H and O–H groups in total. The molecule has 0 saturated carbocycles. The minimum atomic E-state index is 0.307.